The van der Waals surface area contributed by atoms with E-state index in [9.17, 15) is 46.3 Å². The first-order valence-electron chi connectivity index (χ1n) is 42.3. The van der Waals surface area contributed by atoms with Gasteiger partial charge in [-0.15, -0.1) is 0 Å². The molecule has 3 fully saturated rings. The average Bonchev–Trinajstić information content (AvgIpc) is 0.733. The summed E-state index contributed by atoms with van der Waals surface area (Å²) in [6.07, 6.45) is -0.888. The minimum absolute atomic E-state index is 0.00309. The Bertz CT molecular complexity index is 6830. The van der Waals surface area contributed by atoms with Crippen molar-refractivity contribution >= 4 is 171 Å². The second-order valence-corrected chi connectivity index (χ2v) is 36.1. The number of carbonyl (C=O) groups is 3. The zero-order valence-corrected chi connectivity index (χ0v) is 78.4. The maximum atomic E-state index is 14.7. The van der Waals surface area contributed by atoms with Gasteiger partial charge in [-0.3, -0.25) is 42.5 Å². The minimum atomic E-state index is -4.71. The summed E-state index contributed by atoms with van der Waals surface area (Å²) < 4.78 is 60.8. The van der Waals surface area contributed by atoms with E-state index < -0.39 is 34.2 Å². The molecule has 0 bridgehead atoms. The number of nitrogen functional groups attached to an aromatic ring is 3. The number of aromatic nitrogens is 3. The van der Waals surface area contributed by atoms with Crippen LogP contribution in [-0.4, -0.2) is 123 Å². The summed E-state index contributed by atoms with van der Waals surface area (Å²) >= 11 is 39.6. The number of hydrogen-bond donors (Lipinski definition) is 3. The predicted octanol–water partition coefficient (Wildman–Crippen LogP) is 23.8. The van der Waals surface area contributed by atoms with Crippen LogP contribution in [0.2, 0.25) is 30.1 Å². The number of aryl methyl sites for hydroxylation is 1. The summed E-state index contributed by atoms with van der Waals surface area (Å²) in [5, 5.41) is 2.62. The quantitative estimate of drug-likeness (QED) is 0.0377. The van der Waals surface area contributed by atoms with E-state index in [-0.39, 0.29) is 119 Å². The summed E-state index contributed by atoms with van der Waals surface area (Å²) in [6.45, 7) is 58.4. The lowest BCUT2D eigenvalue weighted by atomic mass is 9.96. The number of halogens is 10. The monoisotopic (exact) mass is 1900 g/mol. The lowest BCUT2D eigenvalue weighted by Crippen LogP contribution is -2.53. The van der Waals surface area contributed by atoms with Crippen molar-refractivity contribution in [1.82, 2.24) is 28.4 Å². The van der Waals surface area contributed by atoms with Crippen molar-refractivity contribution in [2.75, 3.05) is 90.8 Å². The van der Waals surface area contributed by atoms with Crippen molar-refractivity contribution in [3.8, 4) is 50.4 Å². The van der Waals surface area contributed by atoms with E-state index in [4.69, 9.17) is 107 Å². The van der Waals surface area contributed by atoms with Crippen LogP contribution in [0.25, 0.3) is 97.7 Å². The second-order valence-electron chi connectivity index (χ2n) is 33.6. The Balaban J connectivity index is 0.000000168. The van der Waals surface area contributed by atoms with Gasteiger partial charge in [0, 0.05) is 147 Å². The Morgan fingerprint density at radius 1 is 0.424 bits per heavy atom. The summed E-state index contributed by atoms with van der Waals surface area (Å²) in [5.74, 6) is -1.09. The maximum Gasteiger partial charge on any atom is 0.416 e. The molecule has 6 N–H and O–H groups in total. The van der Waals surface area contributed by atoms with Crippen LogP contribution < -0.4 is 48.6 Å². The van der Waals surface area contributed by atoms with Gasteiger partial charge >= 0.3 is 6.18 Å². The molecule has 15 rings (SSSR count). The summed E-state index contributed by atoms with van der Waals surface area (Å²) in [6, 6.07) is 40.0. The number of fused-ring (bicyclic) bond motifs is 3. The fourth-order valence-corrected chi connectivity index (χ4v) is 19.3. The van der Waals surface area contributed by atoms with Crippen molar-refractivity contribution in [2.24, 2.45) is 0 Å². The van der Waals surface area contributed by atoms with Crippen molar-refractivity contribution in [2.45, 2.75) is 111 Å². The molecule has 12 aromatic rings. The third-order valence-electron chi connectivity index (χ3n) is 24.3. The first-order chi connectivity index (χ1) is 62.6. The number of piperazine rings is 3. The number of benzene rings is 9. The Kier molecular flexibility index (Phi) is 28.6. The molecule has 132 heavy (non-hydrogen) atoms. The number of nitrogens with two attached hydrogens (primary N) is 3. The van der Waals surface area contributed by atoms with Gasteiger partial charge < -0.3 is 46.6 Å². The van der Waals surface area contributed by atoms with Crippen molar-refractivity contribution < 1.29 is 31.9 Å². The van der Waals surface area contributed by atoms with E-state index >= 15 is 0 Å². The van der Waals surface area contributed by atoms with Gasteiger partial charge in [-0.05, 0) is 177 Å². The fourth-order valence-electron chi connectivity index (χ4n) is 17.8. The SMILES string of the molecule is [C-]#[N+]c1c(N2CCN(C(=O)C=C)C[C@@H]2C)c2cc(Cl)c(-c3cc(C(F)(F)F)cc(Cl)c3N)cc2n(-c2ccccc2C(C)C)c1=O.[C-]#[N+]c1c(N2CCN(C(=O)C=C)C[C@@H]2C)c2cc(Cl)c(-c3cc(C)cc(Cl)c3N)cc2n(-c2ccccc2C(C)C)c1=O.[C-]#[N+]c1c(N2CCN(C(=O)C=C)C[C@@H]2C)c2cc(Cl)c(-c3cc(Cl)cc(F)c3N)cc2n(-c2ccccc2C(C)C)c1=O. The van der Waals surface area contributed by atoms with E-state index in [0.29, 0.717) is 158 Å². The molecule has 0 aliphatic carbocycles. The molecule has 3 saturated heterocycles. The lowest BCUT2D eigenvalue weighted by Gasteiger charge is -2.42. The summed E-state index contributed by atoms with van der Waals surface area (Å²) in [4.78, 5) is 103. The largest absolute Gasteiger partial charge is 0.416 e. The highest BCUT2D eigenvalue weighted by atomic mass is 35.5. The number of para-hydroxylation sites is 3. The number of alkyl halides is 3. The average molecular weight is 1900 g/mol. The van der Waals surface area contributed by atoms with E-state index in [1.54, 1.807) is 55.7 Å². The second kappa shape index (κ2) is 39.2. The summed E-state index contributed by atoms with van der Waals surface area (Å²) in [5.41, 5.74) is 26.4. The third kappa shape index (κ3) is 18.3. The smallest absolute Gasteiger partial charge is 0.397 e. The van der Waals surface area contributed by atoms with E-state index in [0.717, 1.165) is 40.5 Å². The predicted molar refractivity (Wildman–Crippen MR) is 530 cm³/mol. The topological polar surface area (TPSA) is 228 Å². The van der Waals surface area contributed by atoms with Gasteiger partial charge in [0.2, 0.25) is 17.7 Å². The van der Waals surface area contributed by atoms with E-state index in [1.807, 2.05) is 149 Å². The van der Waals surface area contributed by atoms with Crippen molar-refractivity contribution in [1.29, 1.82) is 0 Å². The highest BCUT2D eigenvalue weighted by Gasteiger charge is 2.39. The molecule has 0 spiro atoms. The Labute approximate surface area is 791 Å². The molecular formula is C101H93Cl6F4N15O6. The molecular weight excluding hydrogens is 1810 g/mol. The normalized spacial score (nSPS) is 15.2. The van der Waals surface area contributed by atoms with Crippen LogP contribution in [0.15, 0.2) is 198 Å². The first kappa shape index (κ1) is 96.5. The van der Waals surface area contributed by atoms with Crippen LogP contribution in [-0.2, 0) is 20.6 Å². The van der Waals surface area contributed by atoms with Gasteiger partial charge in [0.15, 0.2) is 0 Å². The van der Waals surface area contributed by atoms with Crippen LogP contribution in [0.5, 0.6) is 0 Å². The molecule has 0 radical (unpaired) electrons. The molecule has 3 amide bonds. The highest BCUT2D eigenvalue weighted by Crippen LogP contribution is 2.50. The van der Waals surface area contributed by atoms with Crippen LogP contribution in [0.3, 0.4) is 0 Å². The number of carbonyl (C=O) groups excluding carboxylic acids is 3. The van der Waals surface area contributed by atoms with Gasteiger partial charge in [0.1, 0.15) is 5.82 Å². The lowest BCUT2D eigenvalue weighted by molar-refractivity contribution is -0.137. The fraction of sp³-hybridized carbons (Fsp3) is 0.257. The first-order valence-corrected chi connectivity index (χ1v) is 44.6. The minimum Gasteiger partial charge on any atom is -0.397 e. The number of nitrogens with zero attached hydrogens (tertiary/aromatic N) is 12. The number of anilines is 6. The maximum absolute atomic E-state index is 14.7. The number of pyridine rings is 3. The Morgan fingerprint density at radius 2 is 0.727 bits per heavy atom. The van der Waals surface area contributed by atoms with Crippen LogP contribution >= 0.6 is 69.6 Å². The zero-order chi connectivity index (χ0) is 96.0. The van der Waals surface area contributed by atoms with E-state index in [1.165, 1.54) is 39.5 Å². The van der Waals surface area contributed by atoms with E-state index in [2.05, 4.69) is 48.1 Å². The van der Waals surface area contributed by atoms with Gasteiger partial charge in [-0.1, -0.05) is 185 Å². The highest BCUT2D eigenvalue weighted by molar-refractivity contribution is 6.38. The molecule has 3 aliphatic heterocycles. The molecule has 9 aromatic carbocycles. The number of hydrogen-bond acceptors (Lipinski definition) is 12. The van der Waals surface area contributed by atoms with Crippen LogP contribution in [0.1, 0.15) is 108 Å². The van der Waals surface area contributed by atoms with Gasteiger partial charge in [0.05, 0.1) is 103 Å². The van der Waals surface area contributed by atoms with Crippen LogP contribution in [0, 0.1) is 32.5 Å². The van der Waals surface area contributed by atoms with Gasteiger partial charge in [0.25, 0.3) is 33.7 Å². The Hall–Kier alpha value is -13.0. The number of rotatable bonds is 15. The van der Waals surface area contributed by atoms with Crippen LogP contribution in [0.4, 0.5) is 68.7 Å². The standard InChI is InChI=1S/C34H30Cl2F3N5O2.C34H33Cl2N5O2.C33H30Cl2FN5O2/c1-6-29(45)42-11-12-43(19(4)17-42)32-24-15-25(35)22(23-13-20(34(37,38)39)14-26(36)30(23)40)16-28(24)44(33(46)31(32)41-5)27-10-8-7-9-21(27)18(2)3;1-7-30(42)39-12-13-40(21(5)18-39)33-25-16-26(35)23(24-14-20(4)15-27(36)31(24)37)17-29(25)41(34(43)32(33)38-6)28-11-9-8-10-22(28)19(2)3;1-6-29(42)39-11-12-40(19(4)17-39)32-24-15-25(35)22(23-13-20(34)14-26(36)30(23)37)16-28(24)41(33(43)31(32)38-5)27-10-8-7-9-21(27)18(2)3/h6-10,13-16,18-19H,1,11-12,17,40H2,2-4H3;7-11,14-17,19,21H,1,12-13,18,37H2,2-5H3;6-10,13-16,18-19H,1,11-12,17,37H2,2-4H3/t19-;21-;19-/m000/s1. The molecule has 21 nitrogen and oxygen atoms in total. The molecule has 6 heterocycles. The van der Waals surface area contributed by atoms with Crippen molar-refractivity contribution in [3.05, 3.63) is 313 Å². The Morgan fingerprint density at radius 3 is 1.02 bits per heavy atom. The zero-order valence-electron chi connectivity index (χ0n) is 73.9. The van der Waals surface area contributed by atoms with Crippen molar-refractivity contribution in [3.63, 3.8) is 0 Å². The third-order valence-corrected chi connectivity index (χ3v) is 26.0. The number of amides is 3. The molecule has 3 aromatic heterocycles. The molecule has 678 valence electrons. The molecule has 0 unspecified atom stereocenters. The molecule has 0 saturated carbocycles. The molecule has 31 heteroatoms. The molecule has 3 atom stereocenters. The molecule has 3 aliphatic rings. The van der Waals surface area contributed by atoms with Gasteiger partial charge in [-0.25, -0.2) is 18.9 Å². The summed E-state index contributed by atoms with van der Waals surface area (Å²) in [7, 11) is 0. The van der Waals surface area contributed by atoms with Gasteiger partial charge in [-0.2, -0.15) is 13.2 Å².